The topological polar surface area (TPSA) is 25.8 Å². The van der Waals surface area contributed by atoms with Crippen molar-refractivity contribution in [1.82, 2.24) is 9.97 Å². The molecule has 100 valence electrons. The van der Waals surface area contributed by atoms with Crippen LogP contribution >= 0.6 is 34.2 Å². The van der Waals surface area contributed by atoms with E-state index in [2.05, 4.69) is 32.6 Å². The van der Waals surface area contributed by atoms with Gasteiger partial charge in [-0.1, -0.05) is 36.7 Å². The summed E-state index contributed by atoms with van der Waals surface area (Å²) in [6.45, 7) is 1.96. The van der Waals surface area contributed by atoms with Crippen molar-refractivity contribution >= 4 is 34.2 Å². The number of alkyl halides is 2. The van der Waals surface area contributed by atoms with Crippen molar-refractivity contribution in [2.24, 2.45) is 0 Å². The largest absolute Gasteiger partial charge is 0.263 e. The lowest BCUT2D eigenvalue weighted by Gasteiger charge is -2.08. The first-order chi connectivity index (χ1) is 9.02. The molecule has 0 unspecified atom stereocenters. The molecule has 2 rings (SSSR count). The van der Waals surface area contributed by atoms with E-state index in [4.69, 9.17) is 11.6 Å². The summed E-state index contributed by atoms with van der Waals surface area (Å²) in [6.07, 6.45) is -1.80. The van der Waals surface area contributed by atoms with E-state index in [1.807, 2.05) is 6.92 Å². The molecule has 0 spiro atoms. The SMILES string of the molecule is CCc1nc(-c2cccc(C(F)F)c2)nc(Cl)c1I. The zero-order valence-corrected chi connectivity index (χ0v) is 12.9. The molecular weight excluding hydrogens is 385 g/mol. The highest BCUT2D eigenvalue weighted by Gasteiger charge is 2.13. The first-order valence-electron chi connectivity index (χ1n) is 5.63. The number of hydrogen-bond acceptors (Lipinski definition) is 2. The van der Waals surface area contributed by atoms with Gasteiger partial charge in [-0.25, -0.2) is 18.7 Å². The van der Waals surface area contributed by atoms with E-state index in [-0.39, 0.29) is 5.56 Å². The van der Waals surface area contributed by atoms with E-state index in [9.17, 15) is 8.78 Å². The first kappa shape index (κ1) is 14.6. The first-order valence-corrected chi connectivity index (χ1v) is 7.09. The Labute approximate surface area is 128 Å². The van der Waals surface area contributed by atoms with Crippen molar-refractivity contribution in [3.8, 4) is 11.4 Å². The Morgan fingerprint density at radius 2 is 2.05 bits per heavy atom. The maximum absolute atomic E-state index is 12.7. The van der Waals surface area contributed by atoms with E-state index >= 15 is 0 Å². The molecule has 19 heavy (non-hydrogen) atoms. The van der Waals surface area contributed by atoms with Gasteiger partial charge in [-0.05, 0) is 35.1 Å². The number of hydrogen-bond donors (Lipinski definition) is 0. The van der Waals surface area contributed by atoms with E-state index in [1.54, 1.807) is 12.1 Å². The molecule has 0 aliphatic carbocycles. The third kappa shape index (κ3) is 3.20. The van der Waals surface area contributed by atoms with Crippen LogP contribution in [0.15, 0.2) is 24.3 Å². The summed E-state index contributed by atoms with van der Waals surface area (Å²) in [5.41, 5.74) is 1.32. The minimum atomic E-state index is -2.51. The highest BCUT2D eigenvalue weighted by atomic mass is 127. The highest BCUT2D eigenvalue weighted by molar-refractivity contribution is 14.1. The summed E-state index contributed by atoms with van der Waals surface area (Å²) < 4.78 is 26.2. The molecule has 1 aromatic carbocycles. The standard InChI is InChI=1S/C13H10ClF2IN2/c1-2-9-10(17)11(14)19-13(18-9)8-5-3-4-7(6-8)12(15)16/h3-6,12H,2H2,1H3. The predicted octanol–water partition coefficient (Wildman–Crippen LogP) is 4.90. The van der Waals surface area contributed by atoms with Crippen LogP contribution < -0.4 is 0 Å². The lowest BCUT2D eigenvalue weighted by Crippen LogP contribution is -2.00. The zero-order chi connectivity index (χ0) is 14.0. The van der Waals surface area contributed by atoms with E-state index < -0.39 is 6.43 Å². The van der Waals surface area contributed by atoms with Crippen LogP contribution in [0.1, 0.15) is 24.6 Å². The van der Waals surface area contributed by atoms with Crippen molar-refractivity contribution in [3.05, 3.63) is 44.2 Å². The van der Waals surface area contributed by atoms with Gasteiger partial charge >= 0.3 is 0 Å². The average molecular weight is 395 g/mol. The fourth-order valence-corrected chi connectivity index (χ4v) is 2.45. The molecule has 1 aromatic heterocycles. The van der Waals surface area contributed by atoms with Crippen molar-refractivity contribution in [1.29, 1.82) is 0 Å². The number of aryl methyl sites for hydroxylation is 1. The second-order valence-electron chi connectivity index (χ2n) is 3.88. The Morgan fingerprint density at radius 1 is 1.32 bits per heavy atom. The third-order valence-corrected chi connectivity index (χ3v) is 4.34. The third-order valence-electron chi connectivity index (χ3n) is 2.61. The highest BCUT2D eigenvalue weighted by Crippen LogP contribution is 2.27. The lowest BCUT2D eigenvalue weighted by atomic mass is 10.1. The maximum Gasteiger partial charge on any atom is 0.263 e. The number of benzene rings is 1. The van der Waals surface area contributed by atoms with Gasteiger partial charge in [0.05, 0.1) is 9.26 Å². The molecule has 0 N–H and O–H groups in total. The summed E-state index contributed by atoms with van der Waals surface area (Å²) in [4.78, 5) is 8.53. The van der Waals surface area contributed by atoms with Crippen LogP contribution in [0.4, 0.5) is 8.78 Å². The summed E-state index contributed by atoms with van der Waals surface area (Å²) >= 11 is 8.12. The van der Waals surface area contributed by atoms with Gasteiger partial charge in [-0.2, -0.15) is 0 Å². The Hall–Kier alpha value is -0.820. The van der Waals surface area contributed by atoms with E-state index in [0.717, 1.165) is 9.26 Å². The average Bonchev–Trinajstić information content (AvgIpc) is 2.41. The summed E-state index contributed by atoms with van der Waals surface area (Å²) in [5.74, 6) is 0.379. The van der Waals surface area contributed by atoms with Crippen LogP contribution in [0.2, 0.25) is 5.15 Å². The zero-order valence-electron chi connectivity index (χ0n) is 10.0. The van der Waals surface area contributed by atoms with Crippen LogP contribution in [-0.4, -0.2) is 9.97 Å². The van der Waals surface area contributed by atoms with Crippen LogP contribution in [0.3, 0.4) is 0 Å². The number of halogens is 4. The number of nitrogens with zero attached hydrogens (tertiary/aromatic N) is 2. The molecule has 0 atom stereocenters. The smallest absolute Gasteiger partial charge is 0.232 e. The van der Waals surface area contributed by atoms with E-state index in [0.29, 0.717) is 23.0 Å². The molecule has 0 bridgehead atoms. The van der Waals surface area contributed by atoms with Crippen LogP contribution in [-0.2, 0) is 6.42 Å². The molecule has 0 fully saturated rings. The summed E-state index contributed by atoms with van der Waals surface area (Å²) in [5, 5.41) is 0.352. The normalized spacial score (nSPS) is 11.1. The summed E-state index contributed by atoms with van der Waals surface area (Å²) in [7, 11) is 0. The quantitative estimate of drug-likeness (QED) is 0.546. The molecule has 1 heterocycles. The molecule has 0 aliphatic rings. The molecule has 6 heteroatoms. The Kier molecular flexibility index (Phi) is 4.67. The van der Waals surface area contributed by atoms with Gasteiger partial charge in [-0.15, -0.1) is 0 Å². The van der Waals surface area contributed by atoms with Gasteiger partial charge in [0, 0.05) is 11.1 Å². The van der Waals surface area contributed by atoms with E-state index in [1.165, 1.54) is 12.1 Å². The molecule has 0 radical (unpaired) electrons. The Bertz CT molecular complexity index is 605. The van der Waals surface area contributed by atoms with Crippen LogP contribution in [0.5, 0.6) is 0 Å². The van der Waals surface area contributed by atoms with Gasteiger partial charge < -0.3 is 0 Å². The molecular formula is C13H10ClF2IN2. The van der Waals surface area contributed by atoms with Crippen molar-refractivity contribution in [2.75, 3.05) is 0 Å². The van der Waals surface area contributed by atoms with Crippen LogP contribution in [0.25, 0.3) is 11.4 Å². The maximum atomic E-state index is 12.7. The number of aromatic nitrogens is 2. The molecule has 2 aromatic rings. The number of rotatable bonds is 3. The van der Waals surface area contributed by atoms with Crippen LogP contribution in [0, 0.1) is 3.57 Å². The minimum Gasteiger partial charge on any atom is -0.232 e. The fourth-order valence-electron chi connectivity index (χ4n) is 1.64. The minimum absolute atomic E-state index is 0.0474. The van der Waals surface area contributed by atoms with Crippen molar-refractivity contribution in [3.63, 3.8) is 0 Å². The fraction of sp³-hybridized carbons (Fsp3) is 0.231. The second-order valence-corrected chi connectivity index (χ2v) is 5.32. The summed E-state index contributed by atoms with van der Waals surface area (Å²) in [6, 6.07) is 6.04. The van der Waals surface area contributed by atoms with Gasteiger partial charge in [0.15, 0.2) is 5.82 Å². The Morgan fingerprint density at radius 3 is 2.68 bits per heavy atom. The van der Waals surface area contributed by atoms with Gasteiger partial charge in [0.2, 0.25) is 0 Å². The van der Waals surface area contributed by atoms with Crippen molar-refractivity contribution < 1.29 is 8.78 Å². The molecule has 0 saturated carbocycles. The molecule has 0 amide bonds. The monoisotopic (exact) mass is 394 g/mol. The predicted molar refractivity (Wildman–Crippen MR) is 79.5 cm³/mol. The second kappa shape index (κ2) is 6.09. The van der Waals surface area contributed by atoms with Gasteiger partial charge in [0.1, 0.15) is 5.15 Å². The van der Waals surface area contributed by atoms with Gasteiger partial charge in [0.25, 0.3) is 6.43 Å². The molecule has 0 saturated heterocycles. The van der Waals surface area contributed by atoms with Gasteiger partial charge in [-0.3, -0.25) is 0 Å². The lowest BCUT2D eigenvalue weighted by molar-refractivity contribution is 0.151. The molecule has 0 aliphatic heterocycles. The molecule has 2 nitrogen and oxygen atoms in total. The van der Waals surface area contributed by atoms with Crippen molar-refractivity contribution in [2.45, 2.75) is 19.8 Å². The Balaban J connectivity index is 2.53.